The van der Waals surface area contributed by atoms with Crippen LogP contribution in [0.4, 0.5) is 5.69 Å². The number of methoxy groups -OCH3 is 4. The fraction of sp³-hybridized carbons (Fsp3) is 0.318. The van der Waals surface area contributed by atoms with Gasteiger partial charge in [0.2, 0.25) is 11.6 Å². The Hall–Kier alpha value is -3.75. The number of hydrogen-bond donors (Lipinski definition) is 1. The van der Waals surface area contributed by atoms with Crippen LogP contribution in [0, 0.1) is 0 Å². The summed E-state index contributed by atoms with van der Waals surface area (Å²) in [5, 5.41) is 19.3. The van der Waals surface area contributed by atoms with Gasteiger partial charge in [0, 0.05) is 11.9 Å². The summed E-state index contributed by atoms with van der Waals surface area (Å²) >= 11 is 0. The largest absolute Gasteiger partial charge is 0.497 e. The van der Waals surface area contributed by atoms with E-state index in [0.29, 0.717) is 34.9 Å². The maximum absolute atomic E-state index is 12.7. The molecule has 9 nitrogen and oxygen atoms in total. The van der Waals surface area contributed by atoms with Gasteiger partial charge >= 0.3 is 0 Å². The molecule has 0 radical (unpaired) electrons. The van der Waals surface area contributed by atoms with E-state index in [-0.39, 0.29) is 17.1 Å². The van der Waals surface area contributed by atoms with Gasteiger partial charge in [0.05, 0.1) is 39.5 Å². The molecule has 1 N–H and O–H groups in total. The summed E-state index contributed by atoms with van der Waals surface area (Å²) in [6.07, 6.45) is 0.810. The van der Waals surface area contributed by atoms with Gasteiger partial charge in [0.15, 0.2) is 17.2 Å². The molecule has 0 saturated carbocycles. The predicted molar refractivity (Wildman–Crippen MR) is 115 cm³/mol. The fourth-order valence-corrected chi connectivity index (χ4v) is 3.34. The highest BCUT2D eigenvalue weighted by atomic mass is 16.5. The lowest BCUT2D eigenvalue weighted by Crippen LogP contribution is -2.00. The Labute approximate surface area is 179 Å². The molecule has 1 amide bonds. The van der Waals surface area contributed by atoms with E-state index < -0.39 is 5.91 Å². The summed E-state index contributed by atoms with van der Waals surface area (Å²) < 4.78 is 22.8. The summed E-state index contributed by atoms with van der Waals surface area (Å²) in [7, 11) is 5.95. The number of rotatable bonds is 8. The Morgan fingerprint density at radius 2 is 1.68 bits per heavy atom. The van der Waals surface area contributed by atoms with Crippen molar-refractivity contribution in [3.63, 3.8) is 0 Å². The van der Waals surface area contributed by atoms with Crippen molar-refractivity contribution in [3.05, 3.63) is 35.9 Å². The Morgan fingerprint density at radius 1 is 1.00 bits per heavy atom. The van der Waals surface area contributed by atoms with E-state index in [1.54, 1.807) is 23.8 Å². The number of carbonyl (C=O) groups excluding carboxylic acids is 1. The fourth-order valence-electron chi connectivity index (χ4n) is 3.34. The molecule has 164 valence electrons. The van der Waals surface area contributed by atoms with Crippen molar-refractivity contribution in [2.45, 2.75) is 19.9 Å². The van der Waals surface area contributed by atoms with Crippen LogP contribution in [-0.4, -0.2) is 44.0 Å². The summed E-state index contributed by atoms with van der Waals surface area (Å²) in [6.45, 7) is 2.59. The van der Waals surface area contributed by atoms with E-state index in [9.17, 15) is 9.90 Å². The number of ether oxygens (including phenoxy) is 4. The average molecular weight is 427 g/mol. The first-order chi connectivity index (χ1) is 15.0. The molecular weight excluding hydrogens is 402 g/mol. The molecule has 0 spiro atoms. The third-order valence-corrected chi connectivity index (χ3v) is 4.82. The second-order valence-corrected chi connectivity index (χ2v) is 6.63. The first-order valence-corrected chi connectivity index (χ1v) is 9.64. The van der Waals surface area contributed by atoms with E-state index in [0.717, 1.165) is 11.9 Å². The maximum atomic E-state index is 12.7. The number of nitrogens with zero attached hydrogens (tertiary/aromatic N) is 3. The summed E-state index contributed by atoms with van der Waals surface area (Å²) in [5.41, 5.74) is 1.17. The number of azo groups is 1. The lowest BCUT2D eigenvalue weighted by molar-refractivity contribution is 0.0994. The van der Waals surface area contributed by atoms with Crippen LogP contribution >= 0.6 is 0 Å². The molecule has 0 aliphatic carbocycles. The molecule has 3 rings (SSSR count). The van der Waals surface area contributed by atoms with Crippen molar-refractivity contribution in [2.24, 2.45) is 10.2 Å². The number of benzene rings is 2. The van der Waals surface area contributed by atoms with Crippen LogP contribution < -0.4 is 18.9 Å². The lowest BCUT2D eigenvalue weighted by Gasteiger charge is -2.12. The Bertz CT molecular complexity index is 1110. The van der Waals surface area contributed by atoms with Crippen molar-refractivity contribution >= 4 is 22.5 Å². The minimum atomic E-state index is -0.627. The third kappa shape index (κ3) is 4.11. The topological polar surface area (TPSA) is 104 Å². The molecule has 2 aromatic carbocycles. The van der Waals surface area contributed by atoms with Crippen LogP contribution in [0.15, 0.2) is 40.6 Å². The van der Waals surface area contributed by atoms with Gasteiger partial charge in [-0.05, 0) is 36.8 Å². The van der Waals surface area contributed by atoms with E-state index in [4.69, 9.17) is 18.9 Å². The van der Waals surface area contributed by atoms with E-state index >= 15 is 0 Å². The van der Waals surface area contributed by atoms with Crippen molar-refractivity contribution in [1.82, 2.24) is 4.57 Å². The van der Waals surface area contributed by atoms with Crippen LogP contribution in [-0.2, 0) is 6.54 Å². The van der Waals surface area contributed by atoms with Crippen molar-refractivity contribution in [2.75, 3.05) is 28.4 Å². The minimum Gasteiger partial charge on any atom is -0.497 e. The van der Waals surface area contributed by atoms with Crippen LogP contribution in [0.1, 0.15) is 23.7 Å². The second kappa shape index (κ2) is 9.38. The predicted octanol–water partition coefficient (Wildman–Crippen LogP) is 4.72. The number of aromatic hydroxyl groups is 1. The maximum Gasteiger partial charge on any atom is 0.295 e. The van der Waals surface area contributed by atoms with Gasteiger partial charge in [-0.25, -0.2) is 0 Å². The normalized spacial score (nSPS) is 11.1. The Kier molecular flexibility index (Phi) is 6.64. The van der Waals surface area contributed by atoms with E-state index in [1.165, 1.54) is 33.5 Å². The van der Waals surface area contributed by atoms with Crippen molar-refractivity contribution in [1.29, 1.82) is 0 Å². The van der Waals surface area contributed by atoms with Crippen LogP contribution in [0.25, 0.3) is 10.9 Å². The van der Waals surface area contributed by atoms with Gasteiger partial charge in [0.1, 0.15) is 5.75 Å². The number of aromatic nitrogens is 1. The van der Waals surface area contributed by atoms with E-state index in [1.807, 2.05) is 13.0 Å². The smallest absolute Gasteiger partial charge is 0.295 e. The van der Waals surface area contributed by atoms with Gasteiger partial charge in [0.25, 0.3) is 5.91 Å². The summed E-state index contributed by atoms with van der Waals surface area (Å²) in [5.74, 6) is 0.934. The monoisotopic (exact) mass is 427 g/mol. The van der Waals surface area contributed by atoms with Gasteiger partial charge < -0.3 is 28.6 Å². The molecule has 0 saturated heterocycles. The lowest BCUT2D eigenvalue weighted by atomic mass is 10.1. The van der Waals surface area contributed by atoms with Crippen molar-refractivity contribution < 1.29 is 28.8 Å². The Morgan fingerprint density at radius 3 is 2.23 bits per heavy atom. The molecule has 0 bridgehead atoms. The number of fused-ring (bicyclic) bond motifs is 1. The summed E-state index contributed by atoms with van der Waals surface area (Å²) in [4.78, 5) is 12.7. The van der Waals surface area contributed by atoms with Crippen LogP contribution in [0.3, 0.4) is 0 Å². The molecule has 0 aliphatic heterocycles. The standard InChI is InChI=1S/C22H25N3O6/c1-6-9-25-16-8-7-14(28-2)12-15(16)19(22(25)27)23-24-21(26)13-10-17(29-3)20(31-5)18(11-13)30-4/h7-8,10-12,27H,6,9H2,1-5H3. The van der Waals surface area contributed by atoms with Gasteiger partial charge in [-0.2, -0.15) is 0 Å². The highest BCUT2D eigenvalue weighted by molar-refractivity contribution is 5.98. The zero-order chi connectivity index (χ0) is 22.5. The quantitative estimate of drug-likeness (QED) is 0.522. The van der Waals surface area contributed by atoms with Crippen molar-refractivity contribution in [3.8, 4) is 28.9 Å². The SMILES string of the molecule is CCCn1c(O)c(N=NC(=O)c2cc(OC)c(OC)c(OC)c2)c2cc(OC)ccc21. The first kappa shape index (κ1) is 21.9. The molecule has 1 aromatic heterocycles. The minimum absolute atomic E-state index is 0.0634. The Balaban J connectivity index is 2.05. The highest BCUT2D eigenvalue weighted by Gasteiger charge is 2.19. The molecule has 0 atom stereocenters. The molecule has 31 heavy (non-hydrogen) atoms. The zero-order valence-electron chi connectivity index (χ0n) is 18.1. The van der Waals surface area contributed by atoms with Gasteiger partial charge in [-0.15, -0.1) is 10.2 Å². The highest BCUT2D eigenvalue weighted by Crippen LogP contribution is 2.41. The number of hydrogen-bond acceptors (Lipinski definition) is 7. The number of aryl methyl sites for hydroxylation is 1. The van der Waals surface area contributed by atoms with Gasteiger partial charge in [-0.1, -0.05) is 6.92 Å². The first-order valence-electron chi connectivity index (χ1n) is 9.64. The molecule has 0 unspecified atom stereocenters. The zero-order valence-corrected chi connectivity index (χ0v) is 18.1. The number of carbonyl (C=O) groups is 1. The van der Waals surface area contributed by atoms with E-state index in [2.05, 4.69) is 10.2 Å². The third-order valence-electron chi connectivity index (χ3n) is 4.82. The number of amides is 1. The summed E-state index contributed by atoms with van der Waals surface area (Å²) in [6, 6.07) is 8.37. The van der Waals surface area contributed by atoms with Crippen LogP contribution in [0.5, 0.6) is 28.9 Å². The van der Waals surface area contributed by atoms with Crippen LogP contribution in [0.2, 0.25) is 0 Å². The second-order valence-electron chi connectivity index (χ2n) is 6.63. The molecule has 3 aromatic rings. The molecule has 0 aliphatic rings. The molecule has 9 heteroatoms. The van der Waals surface area contributed by atoms with Gasteiger partial charge in [-0.3, -0.25) is 4.79 Å². The molecule has 0 fully saturated rings. The molecular formula is C22H25N3O6. The molecule has 1 heterocycles. The average Bonchev–Trinajstić information content (AvgIpc) is 3.06.